The zero-order valence-electron chi connectivity index (χ0n) is 9.85. The van der Waals surface area contributed by atoms with E-state index in [0.29, 0.717) is 0 Å². The SMILES string of the molecule is Brc1cccc(Nc2ncnc3ccccc23)c1.[Cl-]. The minimum absolute atomic E-state index is 0. The number of anilines is 2. The first-order valence-corrected chi connectivity index (χ1v) is 6.34. The Morgan fingerprint density at radius 2 is 1.79 bits per heavy atom. The van der Waals surface area contributed by atoms with E-state index in [4.69, 9.17) is 0 Å². The molecule has 0 aliphatic carbocycles. The van der Waals surface area contributed by atoms with Gasteiger partial charge in [0.1, 0.15) is 12.1 Å². The number of hydrogen-bond donors (Lipinski definition) is 1. The maximum atomic E-state index is 4.29. The summed E-state index contributed by atoms with van der Waals surface area (Å²) >= 11 is 3.45. The van der Waals surface area contributed by atoms with E-state index in [9.17, 15) is 0 Å². The van der Waals surface area contributed by atoms with Crippen molar-refractivity contribution < 1.29 is 12.4 Å². The van der Waals surface area contributed by atoms with Gasteiger partial charge in [-0.15, -0.1) is 0 Å². The predicted octanol–water partition coefficient (Wildman–Crippen LogP) is 1.14. The minimum Gasteiger partial charge on any atom is -1.00 e. The largest absolute Gasteiger partial charge is 1.00 e. The Kier molecular flexibility index (Phi) is 4.35. The first-order valence-electron chi connectivity index (χ1n) is 5.55. The van der Waals surface area contributed by atoms with Crippen molar-refractivity contribution in [2.24, 2.45) is 0 Å². The Bertz CT molecular complexity index is 698. The molecule has 1 heterocycles. The van der Waals surface area contributed by atoms with Crippen LogP contribution in [0.1, 0.15) is 0 Å². The molecule has 19 heavy (non-hydrogen) atoms. The molecule has 96 valence electrons. The van der Waals surface area contributed by atoms with Gasteiger partial charge in [0, 0.05) is 15.5 Å². The first-order chi connectivity index (χ1) is 8.83. The van der Waals surface area contributed by atoms with Crippen molar-refractivity contribution in [3.8, 4) is 0 Å². The summed E-state index contributed by atoms with van der Waals surface area (Å²) in [4.78, 5) is 8.53. The van der Waals surface area contributed by atoms with Gasteiger partial charge >= 0.3 is 0 Å². The summed E-state index contributed by atoms with van der Waals surface area (Å²) in [5, 5.41) is 4.32. The lowest BCUT2D eigenvalue weighted by Gasteiger charge is -2.08. The van der Waals surface area contributed by atoms with E-state index in [1.54, 1.807) is 6.33 Å². The quantitative estimate of drug-likeness (QED) is 0.763. The normalized spacial score (nSPS) is 9.95. The number of aromatic nitrogens is 2. The molecular weight excluding hydrogens is 326 g/mol. The molecule has 0 aliphatic heterocycles. The number of nitrogens with one attached hydrogen (secondary N) is 1. The van der Waals surface area contributed by atoms with Crippen molar-refractivity contribution in [3.05, 3.63) is 59.3 Å². The van der Waals surface area contributed by atoms with E-state index in [-0.39, 0.29) is 12.4 Å². The molecule has 3 rings (SSSR count). The Balaban J connectivity index is 0.00000133. The summed E-state index contributed by atoms with van der Waals surface area (Å²) in [6.07, 6.45) is 1.57. The van der Waals surface area contributed by atoms with Gasteiger partial charge in [0.25, 0.3) is 0 Å². The zero-order chi connectivity index (χ0) is 12.4. The van der Waals surface area contributed by atoms with E-state index in [1.165, 1.54) is 0 Å². The Labute approximate surface area is 125 Å². The van der Waals surface area contributed by atoms with Crippen LogP contribution in [0.2, 0.25) is 0 Å². The van der Waals surface area contributed by atoms with Crippen molar-refractivity contribution in [1.82, 2.24) is 9.97 Å². The molecule has 0 radical (unpaired) electrons. The maximum absolute atomic E-state index is 4.29. The number of rotatable bonds is 2. The van der Waals surface area contributed by atoms with Gasteiger partial charge in [-0.1, -0.05) is 34.1 Å². The van der Waals surface area contributed by atoms with Gasteiger partial charge < -0.3 is 17.7 Å². The Hall–Kier alpha value is -1.65. The summed E-state index contributed by atoms with van der Waals surface area (Å²) in [6.45, 7) is 0. The molecule has 5 heteroatoms. The molecule has 3 aromatic rings. The van der Waals surface area contributed by atoms with Gasteiger partial charge in [0.2, 0.25) is 0 Å². The highest BCUT2D eigenvalue weighted by molar-refractivity contribution is 9.10. The minimum atomic E-state index is 0. The number of hydrogen-bond acceptors (Lipinski definition) is 3. The second kappa shape index (κ2) is 5.99. The van der Waals surface area contributed by atoms with Gasteiger partial charge in [-0.05, 0) is 30.3 Å². The van der Waals surface area contributed by atoms with Crippen LogP contribution in [0.15, 0.2) is 59.3 Å². The van der Waals surface area contributed by atoms with Crippen LogP contribution in [0.5, 0.6) is 0 Å². The van der Waals surface area contributed by atoms with Gasteiger partial charge in [-0.25, -0.2) is 9.97 Å². The fraction of sp³-hybridized carbons (Fsp3) is 0. The topological polar surface area (TPSA) is 37.8 Å². The third-order valence-corrected chi connectivity index (χ3v) is 3.12. The lowest BCUT2D eigenvalue weighted by atomic mass is 10.2. The fourth-order valence-electron chi connectivity index (χ4n) is 1.81. The monoisotopic (exact) mass is 334 g/mol. The molecule has 1 N–H and O–H groups in total. The van der Waals surface area contributed by atoms with Crippen LogP contribution < -0.4 is 17.7 Å². The molecule has 0 atom stereocenters. The van der Waals surface area contributed by atoms with Crippen molar-refractivity contribution in [2.45, 2.75) is 0 Å². The van der Waals surface area contributed by atoms with Crippen LogP contribution in [0.25, 0.3) is 10.9 Å². The van der Waals surface area contributed by atoms with Crippen LogP contribution in [-0.4, -0.2) is 9.97 Å². The lowest BCUT2D eigenvalue weighted by Crippen LogP contribution is -3.00. The first kappa shape index (κ1) is 13.8. The summed E-state index contributed by atoms with van der Waals surface area (Å²) in [5.41, 5.74) is 1.93. The van der Waals surface area contributed by atoms with Crippen LogP contribution in [-0.2, 0) is 0 Å². The van der Waals surface area contributed by atoms with E-state index >= 15 is 0 Å². The van der Waals surface area contributed by atoms with Crippen molar-refractivity contribution in [3.63, 3.8) is 0 Å². The molecule has 0 bridgehead atoms. The second-order valence-electron chi connectivity index (χ2n) is 3.87. The van der Waals surface area contributed by atoms with E-state index < -0.39 is 0 Å². The smallest absolute Gasteiger partial charge is 0.141 e. The van der Waals surface area contributed by atoms with Gasteiger partial charge in [-0.2, -0.15) is 0 Å². The highest BCUT2D eigenvalue weighted by Gasteiger charge is 2.03. The average molecular weight is 336 g/mol. The van der Waals surface area contributed by atoms with Gasteiger partial charge in [0.05, 0.1) is 5.52 Å². The van der Waals surface area contributed by atoms with Crippen LogP contribution in [0.4, 0.5) is 11.5 Å². The molecule has 2 aromatic carbocycles. The zero-order valence-corrected chi connectivity index (χ0v) is 12.2. The van der Waals surface area contributed by atoms with Crippen LogP contribution >= 0.6 is 15.9 Å². The standard InChI is InChI=1S/C14H10BrN3.ClH/c15-10-4-3-5-11(8-10)18-14-12-6-1-2-7-13(12)16-9-17-14;/h1-9H,(H,16,17,18);1H/p-1. The molecule has 0 amide bonds. The lowest BCUT2D eigenvalue weighted by molar-refractivity contribution is -0.00000352. The fourth-order valence-corrected chi connectivity index (χ4v) is 2.21. The highest BCUT2D eigenvalue weighted by Crippen LogP contribution is 2.24. The number of para-hydroxylation sites is 1. The number of fused-ring (bicyclic) bond motifs is 1. The summed E-state index contributed by atoms with van der Waals surface area (Å²) in [6, 6.07) is 15.9. The number of benzene rings is 2. The van der Waals surface area contributed by atoms with E-state index in [2.05, 4.69) is 31.2 Å². The molecule has 0 spiro atoms. The van der Waals surface area contributed by atoms with E-state index in [1.807, 2.05) is 48.5 Å². The van der Waals surface area contributed by atoms with Gasteiger partial charge in [-0.3, -0.25) is 0 Å². The second-order valence-corrected chi connectivity index (χ2v) is 4.79. The third kappa shape index (κ3) is 3.03. The molecule has 0 aliphatic rings. The Morgan fingerprint density at radius 3 is 2.63 bits per heavy atom. The molecular formula is C14H10BrClN3-. The molecule has 0 saturated carbocycles. The van der Waals surface area contributed by atoms with Crippen molar-refractivity contribution in [2.75, 3.05) is 5.32 Å². The number of nitrogens with zero attached hydrogens (tertiary/aromatic N) is 2. The van der Waals surface area contributed by atoms with E-state index in [0.717, 1.165) is 26.9 Å². The average Bonchev–Trinajstić information content (AvgIpc) is 2.39. The van der Waals surface area contributed by atoms with Crippen LogP contribution in [0, 0.1) is 0 Å². The third-order valence-electron chi connectivity index (χ3n) is 2.63. The van der Waals surface area contributed by atoms with Crippen molar-refractivity contribution >= 4 is 38.3 Å². The van der Waals surface area contributed by atoms with Gasteiger partial charge in [0.15, 0.2) is 0 Å². The van der Waals surface area contributed by atoms with Crippen LogP contribution in [0.3, 0.4) is 0 Å². The number of halogens is 2. The highest BCUT2D eigenvalue weighted by atomic mass is 79.9. The molecule has 0 unspecified atom stereocenters. The summed E-state index contributed by atoms with van der Waals surface area (Å²) in [7, 11) is 0. The predicted molar refractivity (Wildman–Crippen MR) is 77.0 cm³/mol. The molecule has 1 aromatic heterocycles. The Morgan fingerprint density at radius 1 is 0.947 bits per heavy atom. The molecule has 0 saturated heterocycles. The molecule has 0 fully saturated rings. The summed E-state index contributed by atoms with van der Waals surface area (Å²) < 4.78 is 1.03. The maximum Gasteiger partial charge on any atom is 0.141 e. The summed E-state index contributed by atoms with van der Waals surface area (Å²) in [5.74, 6) is 0.818. The van der Waals surface area contributed by atoms with Crippen molar-refractivity contribution in [1.29, 1.82) is 0 Å². The molecule has 3 nitrogen and oxygen atoms in total.